The highest BCUT2D eigenvalue weighted by Crippen LogP contribution is 2.22. The van der Waals surface area contributed by atoms with Crippen molar-refractivity contribution >= 4 is 39.8 Å². The molecule has 0 saturated carbocycles. The van der Waals surface area contributed by atoms with Crippen LogP contribution in [0.3, 0.4) is 0 Å². The first kappa shape index (κ1) is 34.3. The quantitative estimate of drug-likeness (QED) is 0.253. The summed E-state index contributed by atoms with van der Waals surface area (Å²) < 4.78 is 0. The van der Waals surface area contributed by atoms with Gasteiger partial charge in [-0.3, -0.25) is 14.4 Å². The van der Waals surface area contributed by atoms with Crippen LogP contribution in [0.4, 0.5) is 0 Å². The predicted molar refractivity (Wildman–Crippen MR) is 184 cm³/mol. The Kier molecular flexibility index (Phi) is 11.9. The summed E-state index contributed by atoms with van der Waals surface area (Å²) in [5.74, 6) is -0.742. The monoisotopic (exact) mass is 631 g/mol. The van der Waals surface area contributed by atoms with E-state index in [0.717, 1.165) is 40.6 Å². The summed E-state index contributed by atoms with van der Waals surface area (Å²) in [4.78, 5) is 47.9. The number of nitrogens with zero attached hydrogens (tertiary/aromatic N) is 3. The molecule has 1 saturated heterocycles. The molecule has 2 aromatic carbocycles. The highest BCUT2D eigenvalue weighted by molar-refractivity contribution is 7.09. The first-order chi connectivity index (χ1) is 21.4. The molecule has 0 bridgehead atoms. The van der Waals surface area contributed by atoms with Crippen molar-refractivity contribution in [2.75, 3.05) is 34.2 Å². The predicted octanol–water partition coefficient (Wildman–Crippen LogP) is 4.62. The Labute approximate surface area is 272 Å². The smallest absolute Gasteiger partial charge is 0.246 e. The second-order valence-electron chi connectivity index (χ2n) is 13.1. The van der Waals surface area contributed by atoms with Gasteiger partial charge in [-0.1, -0.05) is 54.6 Å². The van der Waals surface area contributed by atoms with Crippen molar-refractivity contribution in [3.8, 4) is 0 Å². The summed E-state index contributed by atoms with van der Waals surface area (Å²) in [6.45, 7) is 5.44. The molecule has 4 rings (SSSR count). The lowest BCUT2D eigenvalue weighted by Gasteiger charge is -2.34. The minimum Gasteiger partial charge on any atom is -0.354 e. The number of fused-ring (bicyclic) bond motifs is 1. The van der Waals surface area contributed by atoms with Crippen molar-refractivity contribution in [3.05, 3.63) is 82.6 Å². The molecule has 1 aliphatic rings. The van der Waals surface area contributed by atoms with Crippen LogP contribution in [0.25, 0.3) is 10.8 Å². The fraction of sp³-hybridized carbons (Fsp3) is 0.472. The van der Waals surface area contributed by atoms with Gasteiger partial charge in [-0.15, -0.1) is 11.3 Å². The third-order valence-corrected chi connectivity index (χ3v) is 9.69. The van der Waals surface area contributed by atoms with Crippen LogP contribution >= 0.6 is 11.3 Å². The van der Waals surface area contributed by atoms with E-state index in [4.69, 9.17) is 5.73 Å². The van der Waals surface area contributed by atoms with E-state index in [1.165, 1.54) is 17.4 Å². The largest absolute Gasteiger partial charge is 0.354 e. The summed E-state index contributed by atoms with van der Waals surface area (Å²) in [6, 6.07) is 17.1. The van der Waals surface area contributed by atoms with Gasteiger partial charge in [-0.05, 0) is 87.0 Å². The number of hydrogen-bond acceptors (Lipinski definition) is 6. The van der Waals surface area contributed by atoms with Gasteiger partial charge in [0.05, 0.1) is 0 Å². The molecule has 9 heteroatoms. The molecule has 1 unspecified atom stereocenters. The number of nitrogens with two attached hydrogens (primary N) is 1. The number of carbonyl (C=O) groups is 3. The highest BCUT2D eigenvalue weighted by Gasteiger charge is 2.35. The van der Waals surface area contributed by atoms with Gasteiger partial charge >= 0.3 is 0 Å². The van der Waals surface area contributed by atoms with Crippen molar-refractivity contribution in [2.45, 2.75) is 76.0 Å². The summed E-state index contributed by atoms with van der Waals surface area (Å²) in [5, 5.41) is 7.27. The molecule has 8 nitrogen and oxygen atoms in total. The van der Waals surface area contributed by atoms with Crippen molar-refractivity contribution in [1.29, 1.82) is 0 Å². The zero-order valence-electron chi connectivity index (χ0n) is 27.4. The van der Waals surface area contributed by atoms with E-state index in [-0.39, 0.29) is 17.7 Å². The Bertz CT molecular complexity index is 1460. The van der Waals surface area contributed by atoms with Crippen LogP contribution in [-0.2, 0) is 27.2 Å². The van der Waals surface area contributed by atoms with E-state index in [9.17, 15) is 14.4 Å². The molecule has 2 heterocycles. The van der Waals surface area contributed by atoms with E-state index in [1.807, 2.05) is 67.8 Å². The number of likely N-dealkylation sites (tertiary alicyclic amines) is 1. The van der Waals surface area contributed by atoms with Crippen LogP contribution in [0.1, 0.15) is 50.0 Å². The van der Waals surface area contributed by atoms with Gasteiger partial charge in [0.2, 0.25) is 17.7 Å². The van der Waals surface area contributed by atoms with Gasteiger partial charge in [0.15, 0.2) is 0 Å². The molecule has 3 N–H and O–H groups in total. The standard InChI is InChI=1S/C36H49N5O3S/c1-36(2,37)19-8-15-33(42)40(4)32(24-26-16-17-27-11-6-7-12-28(27)23-26)35(44)41(5)31(25-30-14-10-22-45-30)34(43)38-20-18-29-13-9-21-39(29)3/h6-8,10-12,14-17,22-23,29,31-32H,9,13,18-21,24-25,37H2,1-5H3,(H,38,43)/b15-8+/t29?,31-,32-/m1/s1. The molecule has 3 aromatic rings. The van der Waals surface area contributed by atoms with Crippen LogP contribution < -0.4 is 11.1 Å². The van der Waals surface area contributed by atoms with Gasteiger partial charge in [0.1, 0.15) is 12.1 Å². The van der Waals surface area contributed by atoms with E-state index in [0.29, 0.717) is 31.8 Å². The average Bonchev–Trinajstić information content (AvgIpc) is 3.68. The SMILES string of the molecule is CN1CCCC1CCNC(=O)[C@@H](Cc1cccs1)N(C)C(=O)[C@@H](Cc1ccc2ccccc2c1)N(C)C(=O)/C=C/CC(C)(C)N. The van der Waals surface area contributed by atoms with Gasteiger partial charge in [0, 0.05) is 49.9 Å². The second kappa shape index (κ2) is 15.7. The van der Waals surface area contributed by atoms with Crippen LogP contribution in [0.5, 0.6) is 0 Å². The van der Waals surface area contributed by atoms with Crippen molar-refractivity contribution < 1.29 is 14.4 Å². The molecule has 0 aliphatic carbocycles. The summed E-state index contributed by atoms with van der Waals surface area (Å²) >= 11 is 1.57. The molecular weight excluding hydrogens is 582 g/mol. The van der Waals surface area contributed by atoms with E-state index in [1.54, 1.807) is 36.4 Å². The minimum atomic E-state index is -0.815. The lowest BCUT2D eigenvalue weighted by Crippen LogP contribution is -2.56. The van der Waals surface area contributed by atoms with Crippen molar-refractivity contribution in [1.82, 2.24) is 20.0 Å². The van der Waals surface area contributed by atoms with E-state index >= 15 is 0 Å². The lowest BCUT2D eigenvalue weighted by molar-refractivity contribution is -0.146. The zero-order chi connectivity index (χ0) is 32.6. The van der Waals surface area contributed by atoms with E-state index < -0.39 is 17.6 Å². The van der Waals surface area contributed by atoms with E-state index in [2.05, 4.69) is 23.3 Å². The van der Waals surface area contributed by atoms with Gasteiger partial charge < -0.3 is 25.8 Å². The molecule has 0 spiro atoms. The van der Waals surface area contributed by atoms with Crippen LogP contribution in [-0.4, -0.2) is 90.3 Å². The number of amides is 3. The Morgan fingerprint density at radius 1 is 1.04 bits per heavy atom. The molecule has 3 amide bonds. The molecule has 3 atom stereocenters. The number of carbonyl (C=O) groups excluding carboxylic acids is 3. The van der Waals surface area contributed by atoms with Gasteiger partial charge in [-0.25, -0.2) is 0 Å². The van der Waals surface area contributed by atoms with Crippen LogP contribution in [0.2, 0.25) is 0 Å². The second-order valence-corrected chi connectivity index (χ2v) is 14.1. The number of benzene rings is 2. The summed E-state index contributed by atoms with van der Waals surface area (Å²) in [7, 11) is 5.47. The number of rotatable bonds is 14. The molecule has 0 radical (unpaired) electrons. The summed E-state index contributed by atoms with van der Waals surface area (Å²) in [6.07, 6.45) is 7.68. The van der Waals surface area contributed by atoms with Crippen LogP contribution in [0, 0.1) is 0 Å². The fourth-order valence-corrected chi connectivity index (χ4v) is 6.69. The molecule has 1 aliphatic heterocycles. The van der Waals surface area contributed by atoms with Crippen molar-refractivity contribution in [3.63, 3.8) is 0 Å². The zero-order valence-corrected chi connectivity index (χ0v) is 28.2. The van der Waals surface area contributed by atoms with Crippen LogP contribution in [0.15, 0.2) is 72.1 Å². The number of thiophene rings is 1. The number of nitrogens with one attached hydrogen (secondary N) is 1. The van der Waals surface area contributed by atoms with Gasteiger partial charge in [-0.2, -0.15) is 0 Å². The maximum atomic E-state index is 14.4. The number of likely N-dealkylation sites (N-methyl/N-ethyl adjacent to an activating group) is 2. The first-order valence-corrected chi connectivity index (χ1v) is 16.8. The highest BCUT2D eigenvalue weighted by atomic mass is 32.1. The molecule has 242 valence electrons. The number of hydrogen-bond donors (Lipinski definition) is 2. The Morgan fingerprint density at radius 3 is 2.47 bits per heavy atom. The minimum absolute atomic E-state index is 0.177. The van der Waals surface area contributed by atoms with Crippen molar-refractivity contribution in [2.24, 2.45) is 5.73 Å². The molecule has 45 heavy (non-hydrogen) atoms. The lowest BCUT2D eigenvalue weighted by atomic mass is 9.99. The maximum Gasteiger partial charge on any atom is 0.246 e. The Morgan fingerprint density at radius 2 is 1.80 bits per heavy atom. The Hall–Kier alpha value is -3.53. The van der Waals surface area contributed by atoms with Gasteiger partial charge in [0.25, 0.3) is 0 Å². The third-order valence-electron chi connectivity index (χ3n) is 8.79. The summed E-state index contributed by atoms with van der Waals surface area (Å²) in [5.41, 5.74) is 6.59. The molecular formula is C36H49N5O3S. The molecule has 1 fully saturated rings. The fourth-order valence-electron chi connectivity index (χ4n) is 5.95. The maximum absolute atomic E-state index is 14.4. The first-order valence-electron chi connectivity index (χ1n) is 15.9. The normalized spacial score (nSPS) is 17.0. The Balaban J connectivity index is 1.57. The average molecular weight is 632 g/mol. The topological polar surface area (TPSA) is 99.0 Å². The third kappa shape index (κ3) is 9.73. The molecule has 1 aromatic heterocycles.